The third kappa shape index (κ3) is 9.62. The summed E-state index contributed by atoms with van der Waals surface area (Å²) in [5.74, 6) is -0.279. The molecule has 2 fully saturated rings. The predicted octanol–water partition coefficient (Wildman–Crippen LogP) is 7.52. The summed E-state index contributed by atoms with van der Waals surface area (Å²) in [6.45, 7) is 15.3. The zero-order valence-corrected chi connectivity index (χ0v) is 23.6. The van der Waals surface area contributed by atoms with Gasteiger partial charge in [-0.15, -0.1) is 0 Å². The van der Waals surface area contributed by atoms with Crippen LogP contribution in [0.4, 0.5) is 0 Å². The Bertz CT molecular complexity index is 573. The number of carbonyl (C=O) groups excluding carboxylic acids is 1. The summed E-state index contributed by atoms with van der Waals surface area (Å²) in [6, 6.07) is 0. The zero-order chi connectivity index (χ0) is 24.5. The monoisotopic (exact) mass is 484 g/mol. The summed E-state index contributed by atoms with van der Waals surface area (Å²) < 4.78 is 24.8. The molecular formula is C27H52O5Si. The molecule has 1 unspecified atom stereocenters. The van der Waals surface area contributed by atoms with Crippen LogP contribution in [0.15, 0.2) is 0 Å². The second-order valence-corrected chi connectivity index (χ2v) is 16.5. The van der Waals surface area contributed by atoms with Gasteiger partial charge in [-0.3, -0.25) is 4.79 Å². The SMILES string of the molecule is CCCCCCCCCC[C@H](O[Si](C)(C)C(C)(C)C)[C@@H]1CC[C@@H]([C@@H]2CCC(OC(C)=O)O2)O1. The fraction of sp³-hybridized carbons (Fsp3) is 0.963. The van der Waals surface area contributed by atoms with Crippen LogP contribution in [0.25, 0.3) is 0 Å². The molecule has 2 aliphatic rings. The number of esters is 1. The largest absolute Gasteiger partial charge is 0.436 e. The van der Waals surface area contributed by atoms with Crippen molar-refractivity contribution in [2.45, 2.75) is 167 Å². The molecule has 0 N–H and O–H groups in total. The molecule has 2 heterocycles. The fourth-order valence-electron chi connectivity index (χ4n) is 4.77. The van der Waals surface area contributed by atoms with Crippen LogP contribution < -0.4 is 0 Å². The minimum absolute atomic E-state index is 0.0241. The first-order valence-corrected chi connectivity index (χ1v) is 16.6. The van der Waals surface area contributed by atoms with E-state index in [2.05, 4.69) is 40.8 Å². The van der Waals surface area contributed by atoms with E-state index in [0.29, 0.717) is 0 Å². The van der Waals surface area contributed by atoms with Crippen LogP contribution in [0.5, 0.6) is 0 Å². The van der Waals surface area contributed by atoms with Crippen LogP contribution in [0.2, 0.25) is 18.1 Å². The molecule has 6 heteroatoms. The molecule has 2 saturated heterocycles. The summed E-state index contributed by atoms with van der Waals surface area (Å²) in [4.78, 5) is 11.2. The molecule has 0 bridgehead atoms. The summed E-state index contributed by atoms with van der Waals surface area (Å²) in [7, 11) is -1.88. The Kier molecular flexibility index (Phi) is 11.9. The van der Waals surface area contributed by atoms with Gasteiger partial charge in [0.1, 0.15) is 0 Å². The van der Waals surface area contributed by atoms with E-state index in [1.54, 1.807) is 0 Å². The summed E-state index contributed by atoms with van der Waals surface area (Å²) in [5, 5.41) is 0.189. The van der Waals surface area contributed by atoms with Gasteiger partial charge in [0.2, 0.25) is 6.29 Å². The lowest BCUT2D eigenvalue weighted by Crippen LogP contribution is -2.47. The van der Waals surface area contributed by atoms with E-state index in [-0.39, 0.29) is 35.4 Å². The third-order valence-electron chi connectivity index (χ3n) is 7.82. The molecule has 2 rings (SSSR count). The van der Waals surface area contributed by atoms with Crippen molar-refractivity contribution in [1.82, 2.24) is 0 Å². The number of ether oxygens (including phenoxy) is 3. The number of unbranched alkanes of at least 4 members (excludes halogenated alkanes) is 7. The van der Waals surface area contributed by atoms with E-state index in [0.717, 1.165) is 32.1 Å². The Hall–Kier alpha value is -0.433. The standard InChI is InChI=1S/C27H52O5Si/c1-8-9-10-11-12-13-14-15-16-25(32-33(6,7)27(3,4)5)24-18-17-22(30-24)23-19-20-26(31-23)29-21(2)28/h22-26H,8-20H2,1-7H3/t22-,23-,24-,25-,26?/m0/s1. The molecule has 0 aromatic heterocycles. The Morgan fingerprint density at radius 2 is 1.48 bits per heavy atom. The number of hydrogen-bond donors (Lipinski definition) is 0. The van der Waals surface area contributed by atoms with Crippen molar-refractivity contribution in [3.05, 3.63) is 0 Å². The minimum atomic E-state index is -1.88. The topological polar surface area (TPSA) is 54.0 Å². The molecule has 0 amide bonds. The van der Waals surface area contributed by atoms with E-state index < -0.39 is 14.6 Å². The number of carbonyl (C=O) groups is 1. The van der Waals surface area contributed by atoms with Gasteiger partial charge in [0.15, 0.2) is 8.32 Å². The molecule has 5 atom stereocenters. The summed E-state index contributed by atoms with van der Waals surface area (Å²) >= 11 is 0. The average molecular weight is 485 g/mol. The Morgan fingerprint density at radius 3 is 2.09 bits per heavy atom. The average Bonchev–Trinajstić information content (AvgIpc) is 3.37. The number of rotatable bonds is 14. The molecule has 0 aromatic rings. The van der Waals surface area contributed by atoms with Crippen LogP contribution in [-0.2, 0) is 23.4 Å². The second-order valence-electron chi connectivity index (χ2n) is 11.8. The van der Waals surface area contributed by atoms with Gasteiger partial charge in [-0.05, 0) is 43.8 Å². The van der Waals surface area contributed by atoms with Gasteiger partial charge >= 0.3 is 5.97 Å². The zero-order valence-electron chi connectivity index (χ0n) is 22.6. The molecule has 0 aromatic carbocycles. The van der Waals surface area contributed by atoms with Gasteiger partial charge in [0.25, 0.3) is 0 Å². The molecular weight excluding hydrogens is 432 g/mol. The molecule has 194 valence electrons. The van der Waals surface area contributed by atoms with Crippen LogP contribution in [-0.4, -0.2) is 45.0 Å². The summed E-state index contributed by atoms with van der Waals surface area (Å²) in [5.41, 5.74) is 0. The Balaban J connectivity index is 1.87. The van der Waals surface area contributed by atoms with E-state index in [1.165, 1.54) is 58.3 Å². The molecule has 0 saturated carbocycles. The van der Waals surface area contributed by atoms with Crippen molar-refractivity contribution in [2.75, 3.05) is 0 Å². The minimum Gasteiger partial charge on any atom is -0.436 e. The third-order valence-corrected chi connectivity index (χ3v) is 12.3. The highest BCUT2D eigenvalue weighted by molar-refractivity contribution is 6.74. The summed E-state index contributed by atoms with van der Waals surface area (Å²) in [6.07, 6.45) is 15.4. The van der Waals surface area contributed by atoms with Crippen molar-refractivity contribution in [1.29, 1.82) is 0 Å². The molecule has 2 aliphatic heterocycles. The van der Waals surface area contributed by atoms with Crippen LogP contribution in [0, 0.1) is 0 Å². The van der Waals surface area contributed by atoms with Gasteiger partial charge in [-0.2, -0.15) is 0 Å². The van der Waals surface area contributed by atoms with Crippen molar-refractivity contribution in [3.8, 4) is 0 Å². The number of hydrogen-bond acceptors (Lipinski definition) is 5. The Labute approximate surface area is 204 Å². The van der Waals surface area contributed by atoms with Crippen LogP contribution in [0.3, 0.4) is 0 Å². The molecule has 0 radical (unpaired) electrons. The predicted molar refractivity (Wildman–Crippen MR) is 137 cm³/mol. The first-order valence-electron chi connectivity index (χ1n) is 13.7. The van der Waals surface area contributed by atoms with Crippen molar-refractivity contribution >= 4 is 14.3 Å². The van der Waals surface area contributed by atoms with E-state index in [9.17, 15) is 4.79 Å². The van der Waals surface area contributed by atoms with Crippen molar-refractivity contribution < 1.29 is 23.4 Å². The van der Waals surface area contributed by atoms with Gasteiger partial charge in [0, 0.05) is 13.3 Å². The maximum atomic E-state index is 11.2. The first kappa shape index (κ1) is 28.8. The van der Waals surface area contributed by atoms with Gasteiger partial charge in [-0.25, -0.2) is 0 Å². The lowest BCUT2D eigenvalue weighted by Gasteiger charge is -2.41. The second kappa shape index (κ2) is 13.6. The van der Waals surface area contributed by atoms with Crippen molar-refractivity contribution in [2.24, 2.45) is 0 Å². The van der Waals surface area contributed by atoms with Gasteiger partial charge in [-0.1, -0.05) is 79.1 Å². The normalized spacial score (nSPS) is 27.1. The van der Waals surface area contributed by atoms with Gasteiger partial charge in [0.05, 0.1) is 24.4 Å². The van der Waals surface area contributed by atoms with Crippen LogP contribution in [0.1, 0.15) is 118 Å². The van der Waals surface area contributed by atoms with E-state index in [1.807, 2.05) is 0 Å². The highest BCUT2D eigenvalue weighted by Gasteiger charge is 2.44. The van der Waals surface area contributed by atoms with Gasteiger partial charge < -0.3 is 18.6 Å². The molecule has 33 heavy (non-hydrogen) atoms. The maximum absolute atomic E-state index is 11.2. The molecule has 0 spiro atoms. The van der Waals surface area contributed by atoms with E-state index in [4.69, 9.17) is 18.6 Å². The lowest BCUT2D eigenvalue weighted by molar-refractivity contribution is -0.182. The first-order chi connectivity index (χ1) is 15.5. The highest BCUT2D eigenvalue weighted by Crippen LogP contribution is 2.40. The molecule has 0 aliphatic carbocycles. The highest BCUT2D eigenvalue weighted by atomic mass is 28.4. The lowest BCUT2D eigenvalue weighted by atomic mass is 10.0. The smallest absolute Gasteiger partial charge is 0.304 e. The maximum Gasteiger partial charge on any atom is 0.304 e. The van der Waals surface area contributed by atoms with Crippen molar-refractivity contribution in [3.63, 3.8) is 0 Å². The fourth-order valence-corrected chi connectivity index (χ4v) is 6.15. The van der Waals surface area contributed by atoms with Crippen LogP contribution >= 0.6 is 0 Å². The quantitative estimate of drug-likeness (QED) is 0.145. The van der Waals surface area contributed by atoms with E-state index >= 15 is 0 Å². The molecule has 5 nitrogen and oxygen atoms in total. The Morgan fingerprint density at radius 1 is 0.909 bits per heavy atom.